The van der Waals surface area contributed by atoms with Crippen molar-refractivity contribution in [3.63, 3.8) is 0 Å². The predicted octanol–water partition coefficient (Wildman–Crippen LogP) is 3.90. The highest BCUT2D eigenvalue weighted by atomic mass is 35.5. The smallest absolute Gasteiger partial charge is 0.416 e. The van der Waals surface area contributed by atoms with E-state index in [1.807, 2.05) is 0 Å². The highest BCUT2D eigenvalue weighted by Gasteiger charge is 2.30. The SMILES string of the molecule is COc1cn(-c2cccc(C(F)(F)F)c2)nc1C(=O)Nc1ccc(C(N)=O)c(Cl)c1. The summed E-state index contributed by atoms with van der Waals surface area (Å²) in [7, 11) is 1.29. The molecule has 3 rings (SSSR count). The number of ether oxygens (including phenoxy) is 1. The van der Waals surface area contributed by atoms with Crippen molar-refractivity contribution in [2.75, 3.05) is 12.4 Å². The van der Waals surface area contributed by atoms with Gasteiger partial charge in [0, 0.05) is 5.69 Å². The summed E-state index contributed by atoms with van der Waals surface area (Å²) in [6.07, 6.45) is -3.24. The summed E-state index contributed by atoms with van der Waals surface area (Å²) in [4.78, 5) is 23.8. The van der Waals surface area contributed by atoms with Crippen molar-refractivity contribution < 1.29 is 27.5 Å². The molecule has 0 aliphatic rings. The van der Waals surface area contributed by atoms with E-state index >= 15 is 0 Å². The normalized spacial score (nSPS) is 11.2. The van der Waals surface area contributed by atoms with Crippen LogP contribution in [0.1, 0.15) is 26.4 Å². The van der Waals surface area contributed by atoms with Gasteiger partial charge in [-0.25, -0.2) is 4.68 Å². The van der Waals surface area contributed by atoms with Crippen LogP contribution in [0.5, 0.6) is 5.75 Å². The van der Waals surface area contributed by atoms with Gasteiger partial charge in [-0.1, -0.05) is 17.7 Å². The number of rotatable bonds is 5. The Morgan fingerprint density at radius 2 is 1.93 bits per heavy atom. The fourth-order valence-electron chi connectivity index (χ4n) is 2.60. The zero-order valence-electron chi connectivity index (χ0n) is 15.3. The molecule has 0 saturated carbocycles. The summed E-state index contributed by atoms with van der Waals surface area (Å²) in [5.74, 6) is -1.37. The average molecular weight is 439 g/mol. The van der Waals surface area contributed by atoms with E-state index in [0.29, 0.717) is 0 Å². The number of benzene rings is 2. The average Bonchev–Trinajstić information content (AvgIpc) is 3.12. The third-order valence-corrected chi connectivity index (χ3v) is 4.36. The topological polar surface area (TPSA) is 99.2 Å². The molecular formula is C19H14ClF3N4O3. The molecular weight excluding hydrogens is 425 g/mol. The Bertz CT molecular complexity index is 1130. The summed E-state index contributed by atoms with van der Waals surface area (Å²) in [6, 6.07) is 8.56. The Balaban J connectivity index is 1.90. The summed E-state index contributed by atoms with van der Waals surface area (Å²) in [6.45, 7) is 0. The van der Waals surface area contributed by atoms with Gasteiger partial charge < -0.3 is 15.8 Å². The fraction of sp³-hybridized carbons (Fsp3) is 0.105. The largest absolute Gasteiger partial charge is 0.493 e. The lowest BCUT2D eigenvalue weighted by molar-refractivity contribution is -0.137. The van der Waals surface area contributed by atoms with E-state index in [4.69, 9.17) is 22.1 Å². The number of hydrogen-bond acceptors (Lipinski definition) is 4. The van der Waals surface area contributed by atoms with E-state index in [2.05, 4.69) is 10.4 Å². The van der Waals surface area contributed by atoms with Crippen molar-refractivity contribution in [2.24, 2.45) is 5.73 Å². The van der Waals surface area contributed by atoms with Gasteiger partial charge in [-0.05, 0) is 36.4 Å². The minimum Gasteiger partial charge on any atom is -0.493 e. The minimum atomic E-state index is -4.52. The molecule has 0 bridgehead atoms. The van der Waals surface area contributed by atoms with E-state index in [9.17, 15) is 22.8 Å². The van der Waals surface area contributed by atoms with Crippen LogP contribution in [-0.4, -0.2) is 28.7 Å². The summed E-state index contributed by atoms with van der Waals surface area (Å²) in [5, 5.41) is 6.62. The number of methoxy groups -OCH3 is 1. The number of aromatic nitrogens is 2. The summed E-state index contributed by atoms with van der Waals surface area (Å²) < 4.78 is 45.1. The lowest BCUT2D eigenvalue weighted by atomic mass is 10.2. The number of amides is 2. The molecule has 0 atom stereocenters. The van der Waals surface area contributed by atoms with Gasteiger partial charge in [-0.3, -0.25) is 9.59 Å². The molecule has 2 amide bonds. The molecule has 1 heterocycles. The van der Waals surface area contributed by atoms with Crippen molar-refractivity contribution in [3.05, 3.63) is 70.5 Å². The highest BCUT2D eigenvalue weighted by molar-refractivity contribution is 6.34. The van der Waals surface area contributed by atoms with Crippen LogP contribution in [-0.2, 0) is 6.18 Å². The molecule has 11 heteroatoms. The second-order valence-corrected chi connectivity index (χ2v) is 6.46. The summed E-state index contributed by atoms with van der Waals surface area (Å²) in [5.41, 5.74) is 4.59. The molecule has 156 valence electrons. The van der Waals surface area contributed by atoms with Crippen LogP contribution in [0.25, 0.3) is 5.69 Å². The Morgan fingerprint density at radius 1 is 1.20 bits per heavy atom. The van der Waals surface area contributed by atoms with Gasteiger partial charge in [0.15, 0.2) is 11.4 Å². The molecule has 1 aromatic heterocycles. The molecule has 0 saturated heterocycles. The van der Waals surface area contributed by atoms with E-state index in [1.165, 1.54) is 43.6 Å². The molecule has 7 nitrogen and oxygen atoms in total. The van der Waals surface area contributed by atoms with Gasteiger partial charge >= 0.3 is 6.18 Å². The van der Waals surface area contributed by atoms with Crippen LogP contribution in [0.4, 0.5) is 18.9 Å². The number of alkyl halides is 3. The van der Waals surface area contributed by atoms with Crippen molar-refractivity contribution in [1.29, 1.82) is 0 Å². The van der Waals surface area contributed by atoms with E-state index < -0.39 is 23.6 Å². The lowest BCUT2D eigenvalue weighted by Crippen LogP contribution is -2.15. The van der Waals surface area contributed by atoms with Crippen molar-refractivity contribution in [2.45, 2.75) is 6.18 Å². The maximum Gasteiger partial charge on any atom is 0.416 e. The Kier molecular flexibility index (Phi) is 5.70. The van der Waals surface area contributed by atoms with Gasteiger partial charge in [-0.15, -0.1) is 0 Å². The molecule has 2 aromatic carbocycles. The second kappa shape index (κ2) is 8.07. The quantitative estimate of drug-likeness (QED) is 0.631. The molecule has 0 aliphatic heterocycles. The van der Waals surface area contributed by atoms with E-state index in [-0.39, 0.29) is 33.4 Å². The molecule has 0 radical (unpaired) electrons. The second-order valence-electron chi connectivity index (χ2n) is 6.05. The first kappa shape index (κ1) is 21.2. The number of halogens is 4. The Hall–Kier alpha value is -3.53. The zero-order valence-corrected chi connectivity index (χ0v) is 16.1. The first-order chi connectivity index (χ1) is 14.1. The predicted molar refractivity (Wildman–Crippen MR) is 103 cm³/mol. The Morgan fingerprint density at radius 3 is 2.53 bits per heavy atom. The molecule has 30 heavy (non-hydrogen) atoms. The molecule has 0 spiro atoms. The van der Waals surface area contributed by atoms with Crippen LogP contribution in [0.3, 0.4) is 0 Å². The third kappa shape index (κ3) is 4.38. The number of nitrogens with zero attached hydrogens (tertiary/aromatic N) is 2. The van der Waals surface area contributed by atoms with Crippen LogP contribution >= 0.6 is 11.6 Å². The van der Waals surface area contributed by atoms with E-state index in [1.54, 1.807) is 0 Å². The number of primary amides is 1. The van der Waals surface area contributed by atoms with Crippen LogP contribution in [0.15, 0.2) is 48.7 Å². The number of carbonyl (C=O) groups excluding carboxylic acids is 2. The number of nitrogens with one attached hydrogen (secondary N) is 1. The summed E-state index contributed by atoms with van der Waals surface area (Å²) >= 11 is 5.96. The van der Waals surface area contributed by atoms with Gasteiger partial charge in [0.2, 0.25) is 5.91 Å². The van der Waals surface area contributed by atoms with Crippen LogP contribution in [0.2, 0.25) is 5.02 Å². The van der Waals surface area contributed by atoms with E-state index in [0.717, 1.165) is 16.8 Å². The number of nitrogens with two attached hydrogens (primary N) is 1. The standard InChI is InChI=1S/C19H14ClF3N4O3/c1-30-15-9-27(12-4-2-3-10(7-12)19(21,22)23)26-16(15)18(29)25-11-5-6-13(17(24)28)14(20)8-11/h2-9H,1H3,(H2,24,28)(H,25,29). The number of hydrogen-bond donors (Lipinski definition) is 2. The van der Waals surface area contributed by atoms with Crippen molar-refractivity contribution in [1.82, 2.24) is 9.78 Å². The molecule has 3 aromatic rings. The van der Waals surface area contributed by atoms with Crippen LogP contribution in [0, 0.1) is 0 Å². The molecule has 0 unspecified atom stereocenters. The zero-order chi connectivity index (χ0) is 22.1. The minimum absolute atomic E-state index is 0.0433. The maximum atomic E-state index is 13.0. The van der Waals surface area contributed by atoms with Gasteiger partial charge in [0.05, 0.1) is 35.1 Å². The van der Waals surface area contributed by atoms with Gasteiger partial charge in [0.25, 0.3) is 5.91 Å². The monoisotopic (exact) mass is 438 g/mol. The van der Waals surface area contributed by atoms with Gasteiger partial charge in [-0.2, -0.15) is 18.3 Å². The van der Waals surface area contributed by atoms with Gasteiger partial charge in [0.1, 0.15) is 0 Å². The number of anilines is 1. The molecule has 0 aliphatic carbocycles. The third-order valence-electron chi connectivity index (χ3n) is 4.05. The van der Waals surface area contributed by atoms with Crippen molar-refractivity contribution >= 4 is 29.1 Å². The fourth-order valence-corrected chi connectivity index (χ4v) is 2.88. The first-order valence-corrected chi connectivity index (χ1v) is 8.70. The maximum absolute atomic E-state index is 13.0. The first-order valence-electron chi connectivity index (χ1n) is 8.32. The molecule has 3 N–H and O–H groups in total. The lowest BCUT2D eigenvalue weighted by Gasteiger charge is -2.08. The highest BCUT2D eigenvalue weighted by Crippen LogP contribution is 2.31. The molecule has 0 fully saturated rings. The van der Waals surface area contributed by atoms with Crippen molar-refractivity contribution in [3.8, 4) is 11.4 Å². The Labute approximate surface area is 173 Å². The number of carbonyl (C=O) groups is 2. The van der Waals surface area contributed by atoms with Crippen LogP contribution < -0.4 is 15.8 Å².